The second kappa shape index (κ2) is 13.9. The van der Waals surface area contributed by atoms with Gasteiger partial charge in [0.15, 0.2) is 5.78 Å². The van der Waals surface area contributed by atoms with Crippen molar-refractivity contribution < 1.29 is 39.1 Å². The molecule has 0 spiro atoms. The molecular formula is C30H31NO8S. The first kappa shape index (κ1) is 29.0. The Morgan fingerprint density at radius 3 is 2.23 bits per heavy atom. The zero-order valence-corrected chi connectivity index (χ0v) is 22.9. The number of phenolic OH excluding ortho intramolecular Hbond substituents is 2. The molecule has 3 N–H and O–H groups in total. The second-order valence-corrected chi connectivity index (χ2v) is 10.1. The second-order valence-electron chi connectivity index (χ2n) is 9.10. The minimum atomic E-state index is -1.00. The van der Waals surface area contributed by atoms with Gasteiger partial charge in [-0.2, -0.15) is 0 Å². The van der Waals surface area contributed by atoms with Crippen molar-refractivity contribution in [3.8, 4) is 27.7 Å². The molecular weight excluding hydrogens is 534 g/mol. The maximum absolute atomic E-state index is 13.7. The van der Waals surface area contributed by atoms with E-state index in [1.165, 1.54) is 11.3 Å². The predicted molar refractivity (Wildman–Crippen MR) is 153 cm³/mol. The van der Waals surface area contributed by atoms with Gasteiger partial charge in [-0.3, -0.25) is 4.79 Å². The van der Waals surface area contributed by atoms with Crippen LogP contribution < -0.4 is 4.74 Å². The molecule has 0 radical (unpaired) electrons. The Bertz CT molecular complexity index is 1430. The van der Waals surface area contributed by atoms with Crippen molar-refractivity contribution in [3.05, 3.63) is 77.9 Å². The highest BCUT2D eigenvalue weighted by molar-refractivity contribution is 7.22. The summed E-state index contributed by atoms with van der Waals surface area (Å²) in [5.74, 6) is -0.216. The summed E-state index contributed by atoms with van der Waals surface area (Å²) in [5, 5.41) is 29.0. The van der Waals surface area contributed by atoms with Crippen LogP contribution >= 0.6 is 11.3 Å². The molecule has 40 heavy (non-hydrogen) atoms. The average Bonchev–Trinajstić information content (AvgIpc) is 3.31. The largest absolute Gasteiger partial charge is 0.508 e. The molecule has 0 aliphatic carbocycles. The number of ketones is 1. The number of aromatic hydroxyl groups is 2. The summed E-state index contributed by atoms with van der Waals surface area (Å²) in [6.45, 7) is 2.55. The van der Waals surface area contributed by atoms with Crippen LogP contribution in [0.4, 0.5) is 0 Å². The molecule has 4 aromatic rings. The van der Waals surface area contributed by atoms with Crippen LogP contribution in [-0.4, -0.2) is 85.1 Å². The van der Waals surface area contributed by atoms with Crippen molar-refractivity contribution in [2.75, 3.05) is 53.2 Å². The fourth-order valence-corrected chi connectivity index (χ4v) is 5.24. The highest BCUT2D eigenvalue weighted by Crippen LogP contribution is 2.41. The summed E-state index contributed by atoms with van der Waals surface area (Å²) < 4.78 is 17.0. The number of carboxylic acid groups (broad SMARTS) is 1. The van der Waals surface area contributed by atoms with Gasteiger partial charge in [0, 0.05) is 39.2 Å². The number of phenols is 2. The van der Waals surface area contributed by atoms with Crippen LogP contribution in [0.1, 0.15) is 15.9 Å². The topological polar surface area (TPSA) is 126 Å². The maximum atomic E-state index is 13.7. The van der Waals surface area contributed by atoms with Gasteiger partial charge in [0.05, 0.1) is 19.8 Å². The normalized spacial score (nSPS) is 11.2. The number of likely N-dealkylation sites (N-methyl/N-ethyl adjacent to an activating group) is 1. The lowest BCUT2D eigenvalue weighted by atomic mass is 9.97. The van der Waals surface area contributed by atoms with Crippen LogP contribution in [0.2, 0.25) is 0 Å². The SMILES string of the molecule is CN(CCOCCOCC(=O)O)CCOc1ccc(C(=O)c2c(-c3ccc(O)cc3)sc3cc(O)ccc23)cc1. The summed E-state index contributed by atoms with van der Waals surface area (Å²) in [4.78, 5) is 26.9. The number of hydrogen-bond donors (Lipinski definition) is 3. The standard InChI is InChI=1S/C30H31NO8S/c1-31(12-14-37-16-17-38-19-27(34)35)13-15-39-24-9-4-20(5-10-24)29(36)28-25-11-8-23(33)18-26(25)40-30(28)21-2-6-22(32)7-3-21/h2-11,18,32-33H,12-17,19H2,1H3,(H,34,35). The molecule has 210 valence electrons. The number of nitrogens with zero attached hydrogens (tertiary/aromatic N) is 1. The Morgan fingerprint density at radius 2 is 1.50 bits per heavy atom. The number of benzene rings is 3. The number of aliphatic carboxylic acids is 1. The van der Waals surface area contributed by atoms with Crippen molar-refractivity contribution >= 4 is 33.2 Å². The summed E-state index contributed by atoms with van der Waals surface area (Å²) in [7, 11) is 1.95. The van der Waals surface area contributed by atoms with E-state index in [1.54, 1.807) is 66.7 Å². The van der Waals surface area contributed by atoms with E-state index in [1.807, 2.05) is 7.05 Å². The molecule has 1 heterocycles. The van der Waals surface area contributed by atoms with Crippen LogP contribution in [0.3, 0.4) is 0 Å². The van der Waals surface area contributed by atoms with Crippen molar-refractivity contribution in [2.45, 2.75) is 0 Å². The number of fused-ring (bicyclic) bond motifs is 1. The van der Waals surface area contributed by atoms with E-state index in [9.17, 15) is 19.8 Å². The molecule has 0 bridgehead atoms. The Labute approximate surface area is 235 Å². The van der Waals surface area contributed by atoms with E-state index >= 15 is 0 Å². The monoisotopic (exact) mass is 565 g/mol. The number of carbonyl (C=O) groups is 2. The minimum absolute atomic E-state index is 0.132. The van der Waals surface area contributed by atoms with E-state index in [0.29, 0.717) is 49.8 Å². The van der Waals surface area contributed by atoms with Gasteiger partial charge in [-0.05, 0) is 79.3 Å². The molecule has 0 amide bonds. The first-order valence-corrected chi connectivity index (χ1v) is 13.5. The van der Waals surface area contributed by atoms with Gasteiger partial charge in [-0.25, -0.2) is 4.79 Å². The highest BCUT2D eigenvalue weighted by Gasteiger charge is 2.22. The van der Waals surface area contributed by atoms with Crippen molar-refractivity contribution in [3.63, 3.8) is 0 Å². The van der Waals surface area contributed by atoms with E-state index in [0.717, 1.165) is 20.5 Å². The Kier molecular flexibility index (Phi) is 10.1. The van der Waals surface area contributed by atoms with E-state index in [4.69, 9.17) is 19.3 Å². The first-order chi connectivity index (χ1) is 19.3. The Hall–Kier alpha value is -3.96. The number of carbonyl (C=O) groups excluding carboxylic acids is 1. The third-order valence-corrected chi connectivity index (χ3v) is 7.30. The van der Waals surface area contributed by atoms with Crippen molar-refractivity contribution in [1.29, 1.82) is 0 Å². The average molecular weight is 566 g/mol. The molecule has 0 fully saturated rings. The summed E-state index contributed by atoms with van der Waals surface area (Å²) >= 11 is 1.42. The van der Waals surface area contributed by atoms with E-state index in [2.05, 4.69) is 4.90 Å². The third kappa shape index (κ3) is 7.80. The first-order valence-electron chi connectivity index (χ1n) is 12.7. The smallest absolute Gasteiger partial charge is 0.329 e. The van der Waals surface area contributed by atoms with E-state index < -0.39 is 5.97 Å². The number of rotatable bonds is 15. The quantitative estimate of drug-likeness (QED) is 0.140. The lowest BCUT2D eigenvalue weighted by Gasteiger charge is -2.17. The molecule has 10 heteroatoms. The molecule has 1 aromatic heterocycles. The Balaban J connectivity index is 1.34. The van der Waals surface area contributed by atoms with Gasteiger partial charge in [0.1, 0.15) is 30.5 Å². The third-order valence-electron chi connectivity index (χ3n) is 6.10. The van der Waals surface area contributed by atoms with Gasteiger partial charge in [-0.15, -0.1) is 11.3 Å². The summed E-state index contributed by atoms with van der Waals surface area (Å²) in [5.41, 5.74) is 1.88. The van der Waals surface area contributed by atoms with Crippen LogP contribution in [0, 0.1) is 0 Å². The summed E-state index contributed by atoms with van der Waals surface area (Å²) in [6.07, 6.45) is 0. The molecule has 4 rings (SSSR count). The molecule has 0 saturated carbocycles. The fourth-order valence-electron chi connectivity index (χ4n) is 4.00. The maximum Gasteiger partial charge on any atom is 0.329 e. The zero-order chi connectivity index (χ0) is 28.5. The highest BCUT2D eigenvalue weighted by atomic mass is 32.1. The fraction of sp³-hybridized carbons (Fsp3) is 0.267. The molecule has 0 unspecified atom stereocenters. The zero-order valence-electron chi connectivity index (χ0n) is 22.0. The molecule has 0 atom stereocenters. The lowest BCUT2D eigenvalue weighted by Crippen LogP contribution is -2.28. The lowest BCUT2D eigenvalue weighted by molar-refractivity contribution is -0.142. The molecule has 0 saturated heterocycles. The van der Waals surface area contributed by atoms with E-state index in [-0.39, 0.29) is 30.5 Å². The van der Waals surface area contributed by atoms with Crippen LogP contribution in [-0.2, 0) is 14.3 Å². The molecule has 0 aliphatic rings. The van der Waals surface area contributed by atoms with Gasteiger partial charge in [-0.1, -0.05) is 0 Å². The van der Waals surface area contributed by atoms with Crippen LogP contribution in [0.15, 0.2) is 66.7 Å². The molecule has 0 aliphatic heterocycles. The number of carboxylic acids is 1. The van der Waals surface area contributed by atoms with Gasteiger partial charge >= 0.3 is 5.97 Å². The van der Waals surface area contributed by atoms with Crippen molar-refractivity contribution in [2.24, 2.45) is 0 Å². The molecule has 3 aromatic carbocycles. The van der Waals surface area contributed by atoms with Gasteiger partial charge in [0.25, 0.3) is 0 Å². The molecule has 9 nitrogen and oxygen atoms in total. The summed E-state index contributed by atoms with van der Waals surface area (Å²) in [6, 6.07) is 18.7. The van der Waals surface area contributed by atoms with Gasteiger partial charge < -0.3 is 34.4 Å². The minimum Gasteiger partial charge on any atom is -0.508 e. The number of thiophene rings is 1. The number of ether oxygens (including phenoxy) is 3. The predicted octanol–water partition coefficient (Wildman–Crippen LogP) is 4.64. The number of hydrogen-bond acceptors (Lipinski definition) is 9. The van der Waals surface area contributed by atoms with Crippen LogP contribution in [0.25, 0.3) is 20.5 Å². The van der Waals surface area contributed by atoms with Gasteiger partial charge in [0.2, 0.25) is 0 Å². The van der Waals surface area contributed by atoms with Crippen LogP contribution in [0.5, 0.6) is 17.2 Å². The Morgan fingerprint density at radius 1 is 0.825 bits per heavy atom. The van der Waals surface area contributed by atoms with Crippen molar-refractivity contribution in [1.82, 2.24) is 4.90 Å².